The third-order valence-corrected chi connectivity index (χ3v) is 3.98. The van der Waals surface area contributed by atoms with Crippen molar-refractivity contribution < 1.29 is 14.0 Å². The van der Waals surface area contributed by atoms with Crippen molar-refractivity contribution >= 4 is 7.12 Å². The van der Waals surface area contributed by atoms with Gasteiger partial charge in [0.15, 0.2) is 0 Å². The molecule has 0 aromatic carbocycles. The smallest absolute Gasteiger partial charge is 0.403 e. The molecular formula is C11H21BO3. The van der Waals surface area contributed by atoms with Crippen molar-refractivity contribution in [1.29, 1.82) is 0 Å². The van der Waals surface area contributed by atoms with Gasteiger partial charge in [-0.05, 0) is 45.9 Å². The zero-order chi connectivity index (χ0) is 11.3. The van der Waals surface area contributed by atoms with Crippen LogP contribution in [0, 0.1) is 5.92 Å². The Labute approximate surface area is 92.6 Å². The quantitative estimate of drug-likeness (QED) is 0.670. The zero-order valence-corrected chi connectivity index (χ0v) is 10.4. The molecule has 0 bridgehead atoms. The van der Waals surface area contributed by atoms with Gasteiger partial charge in [-0.25, -0.2) is 0 Å². The Morgan fingerprint density at radius 3 is 2.20 bits per heavy atom. The molecule has 1 saturated carbocycles. The lowest BCUT2D eigenvalue weighted by atomic mass is 9.81. The van der Waals surface area contributed by atoms with Crippen LogP contribution in [0.2, 0.25) is 5.82 Å². The fraction of sp³-hybridized carbons (Fsp3) is 1.00. The highest BCUT2D eigenvalue weighted by Crippen LogP contribution is 2.52. The second-order valence-corrected chi connectivity index (χ2v) is 5.74. The van der Waals surface area contributed by atoms with Gasteiger partial charge < -0.3 is 14.0 Å². The maximum Gasteiger partial charge on any atom is 0.461 e. The minimum Gasteiger partial charge on any atom is -0.403 e. The fourth-order valence-corrected chi connectivity index (χ4v) is 2.07. The molecule has 15 heavy (non-hydrogen) atoms. The van der Waals surface area contributed by atoms with E-state index in [0.29, 0.717) is 11.7 Å². The summed E-state index contributed by atoms with van der Waals surface area (Å²) in [5.41, 5.74) is -0.393. The van der Waals surface area contributed by atoms with Crippen molar-refractivity contribution in [3.05, 3.63) is 0 Å². The van der Waals surface area contributed by atoms with Gasteiger partial charge in [0.25, 0.3) is 0 Å². The van der Waals surface area contributed by atoms with Gasteiger partial charge in [-0.15, -0.1) is 0 Å². The van der Waals surface area contributed by atoms with Crippen LogP contribution < -0.4 is 0 Å². The van der Waals surface area contributed by atoms with Crippen molar-refractivity contribution in [2.75, 3.05) is 13.7 Å². The third-order valence-electron chi connectivity index (χ3n) is 3.98. The second-order valence-electron chi connectivity index (χ2n) is 5.74. The minimum absolute atomic E-state index is 0.0323. The maximum absolute atomic E-state index is 5.99. The Bertz CT molecular complexity index is 236. The first kappa shape index (κ1) is 11.4. The van der Waals surface area contributed by atoms with E-state index in [4.69, 9.17) is 14.0 Å². The van der Waals surface area contributed by atoms with E-state index in [1.165, 1.54) is 6.42 Å². The van der Waals surface area contributed by atoms with Crippen LogP contribution in [0.4, 0.5) is 0 Å². The van der Waals surface area contributed by atoms with Gasteiger partial charge >= 0.3 is 7.12 Å². The largest absolute Gasteiger partial charge is 0.461 e. The molecular weight excluding hydrogens is 191 g/mol. The molecule has 0 aromatic heterocycles. The Kier molecular flexibility index (Phi) is 2.65. The van der Waals surface area contributed by atoms with Crippen molar-refractivity contribution in [2.24, 2.45) is 5.92 Å². The van der Waals surface area contributed by atoms with Gasteiger partial charge in [0.2, 0.25) is 0 Å². The molecule has 2 atom stereocenters. The van der Waals surface area contributed by atoms with Crippen LogP contribution in [-0.4, -0.2) is 32.0 Å². The summed E-state index contributed by atoms with van der Waals surface area (Å²) in [7, 11) is 1.72. The SMILES string of the molecule is COC[C@H]1CC1B1OC(C)(C)C(C)(C)O1. The van der Waals surface area contributed by atoms with Crippen molar-refractivity contribution in [2.45, 2.75) is 51.1 Å². The highest BCUT2D eigenvalue weighted by molar-refractivity contribution is 6.48. The van der Waals surface area contributed by atoms with Gasteiger partial charge in [-0.3, -0.25) is 0 Å². The Morgan fingerprint density at radius 2 is 1.73 bits per heavy atom. The zero-order valence-electron chi connectivity index (χ0n) is 10.4. The molecule has 0 amide bonds. The van der Waals surface area contributed by atoms with E-state index in [1.54, 1.807) is 7.11 Å². The first-order valence-corrected chi connectivity index (χ1v) is 5.72. The van der Waals surface area contributed by atoms with Crippen molar-refractivity contribution in [3.8, 4) is 0 Å². The molecule has 1 aliphatic heterocycles. The van der Waals surface area contributed by atoms with Crippen LogP contribution in [0.1, 0.15) is 34.1 Å². The Balaban J connectivity index is 1.94. The molecule has 0 N–H and O–H groups in total. The summed E-state index contributed by atoms with van der Waals surface area (Å²) in [6.45, 7) is 9.22. The molecule has 1 saturated heterocycles. The minimum atomic E-state index is -0.197. The second kappa shape index (κ2) is 3.47. The van der Waals surface area contributed by atoms with Gasteiger partial charge in [0.05, 0.1) is 11.2 Å². The highest BCUT2D eigenvalue weighted by atomic mass is 16.7. The Hall–Kier alpha value is -0.0551. The molecule has 1 unspecified atom stereocenters. The van der Waals surface area contributed by atoms with E-state index in [9.17, 15) is 0 Å². The number of hydrogen-bond acceptors (Lipinski definition) is 3. The monoisotopic (exact) mass is 212 g/mol. The molecule has 0 spiro atoms. The van der Waals surface area contributed by atoms with Crippen molar-refractivity contribution in [1.82, 2.24) is 0 Å². The molecule has 2 rings (SSSR count). The van der Waals surface area contributed by atoms with Crippen LogP contribution in [0.15, 0.2) is 0 Å². The number of methoxy groups -OCH3 is 1. The van der Waals surface area contributed by atoms with Crippen LogP contribution in [0.5, 0.6) is 0 Å². The summed E-state index contributed by atoms with van der Waals surface area (Å²) in [6.07, 6.45) is 1.17. The van der Waals surface area contributed by atoms with Crippen molar-refractivity contribution in [3.63, 3.8) is 0 Å². The standard InChI is InChI=1S/C11H21BO3/c1-10(2)11(3,4)15-12(14-10)9-6-8(9)7-13-5/h8-9H,6-7H2,1-5H3/t8-,9?/m1/s1. The molecule has 2 aliphatic rings. The van der Waals surface area contributed by atoms with E-state index < -0.39 is 0 Å². The summed E-state index contributed by atoms with van der Waals surface area (Å²) < 4.78 is 17.1. The van der Waals surface area contributed by atoms with Crippen LogP contribution >= 0.6 is 0 Å². The summed E-state index contributed by atoms with van der Waals surface area (Å²) >= 11 is 0. The average Bonchev–Trinajstić information content (AvgIpc) is 2.77. The Morgan fingerprint density at radius 1 is 1.20 bits per heavy atom. The van der Waals surface area contributed by atoms with Gasteiger partial charge in [0, 0.05) is 13.7 Å². The molecule has 4 heteroatoms. The molecule has 0 aromatic rings. The average molecular weight is 212 g/mol. The van der Waals surface area contributed by atoms with E-state index in [-0.39, 0.29) is 18.3 Å². The highest BCUT2D eigenvalue weighted by Gasteiger charge is 2.59. The molecule has 1 heterocycles. The molecule has 0 radical (unpaired) electrons. The predicted octanol–water partition coefficient (Wildman–Crippen LogP) is 2.12. The topological polar surface area (TPSA) is 27.7 Å². The first-order chi connectivity index (χ1) is 6.87. The first-order valence-electron chi connectivity index (χ1n) is 5.72. The van der Waals surface area contributed by atoms with E-state index in [1.807, 2.05) is 0 Å². The molecule has 3 nitrogen and oxygen atoms in total. The molecule has 86 valence electrons. The summed E-state index contributed by atoms with van der Waals surface area (Å²) in [5, 5.41) is 0. The van der Waals surface area contributed by atoms with E-state index >= 15 is 0 Å². The molecule has 2 fully saturated rings. The summed E-state index contributed by atoms with van der Waals surface area (Å²) in [4.78, 5) is 0. The fourth-order valence-electron chi connectivity index (χ4n) is 2.07. The third kappa shape index (κ3) is 1.95. The lowest BCUT2D eigenvalue weighted by molar-refractivity contribution is 0.00578. The maximum atomic E-state index is 5.99. The van der Waals surface area contributed by atoms with Gasteiger partial charge in [-0.2, -0.15) is 0 Å². The normalized spacial score (nSPS) is 37.0. The van der Waals surface area contributed by atoms with Crippen LogP contribution in [0.25, 0.3) is 0 Å². The number of rotatable bonds is 3. The van der Waals surface area contributed by atoms with E-state index in [2.05, 4.69) is 27.7 Å². The lowest BCUT2D eigenvalue weighted by Gasteiger charge is -2.32. The number of ether oxygens (including phenoxy) is 1. The van der Waals surface area contributed by atoms with Crippen LogP contribution in [-0.2, 0) is 14.0 Å². The predicted molar refractivity (Wildman–Crippen MR) is 59.8 cm³/mol. The van der Waals surface area contributed by atoms with Gasteiger partial charge in [-0.1, -0.05) is 0 Å². The van der Waals surface area contributed by atoms with E-state index in [0.717, 1.165) is 6.61 Å². The lowest BCUT2D eigenvalue weighted by Crippen LogP contribution is -2.41. The number of hydrogen-bond donors (Lipinski definition) is 0. The van der Waals surface area contributed by atoms with Gasteiger partial charge in [0.1, 0.15) is 0 Å². The molecule has 1 aliphatic carbocycles. The summed E-state index contributed by atoms with van der Waals surface area (Å²) in [6, 6.07) is 0. The van der Waals surface area contributed by atoms with Crippen LogP contribution in [0.3, 0.4) is 0 Å². The summed E-state index contributed by atoms with van der Waals surface area (Å²) in [5.74, 6) is 1.16.